The van der Waals surface area contributed by atoms with Gasteiger partial charge in [-0.05, 0) is 40.2 Å². The molecule has 0 radical (unpaired) electrons. The van der Waals surface area contributed by atoms with Crippen molar-refractivity contribution >= 4 is 0 Å². The third kappa shape index (κ3) is 2.70. The molecule has 1 aliphatic rings. The van der Waals surface area contributed by atoms with Crippen LogP contribution in [-0.4, -0.2) is 31.2 Å². The average molecular weight is 285 g/mol. The lowest BCUT2D eigenvalue weighted by atomic mass is 10.0. The molecule has 0 amide bonds. The Morgan fingerprint density at radius 2 is 2.00 bits per heavy atom. The fraction of sp³-hybridized carbons (Fsp3) is 0.562. The van der Waals surface area contributed by atoms with Gasteiger partial charge in [0.15, 0.2) is 0 Å². The van der Waals surface area contributed by atoms with Crippen LogP contribution < -0.4 is 0 Å². The molecule has 3 rings (SSSR count). The number of likely N-dealkylation sites (tertiary alicyclic amines) is 1. The van der Waals surface area contributed by atoms with Crippen molar-refractivity contribution in [3.63, 3.8) is 0 Å². The molecule has 1 saturated heterocycles. The van der Waals surface area contributed by atoms with Gasteiger partial charge in [-0.2, -0.15) is 5.10 Å². The molecule has 0 spiro atoms. The van der Waals surface area contributed by atoms with E-state index >= 15 is 0 Å². The second-order valence-electron chi connectivity index (χ2n) is 5.99. The first kappa shape index (κ1) is 14.2. The second-order valence-corrected chi connectivity index (χ2v) is 5.99. The minimum atomic E-state index is 0.460. The summed E-state index contributed by atoms with van der Waals surface area (Å²) in [7, 11) is 2.02. The van der Waals surface area contributed by atoms with Crippen LogP contribution in [0.2, 0.25) is 0 Å². The van der Waals surface area contributed by atoms with Gasteiger partial charge < -0.3 is 0 Å². The van der Waals surface area contributed by atoms with Gasteiger partial charge >= 0.3 is 0 Å². The standard InChI is InChI=1S/C16H23N5/c1-11-8-18-14(9-17-11)10-21-7-5-6-15(21)16-12(2)19-20(4)13(16)3/h8-9,15H,5-7,10H2,1-4H3/t15-/m0/s1. The predicted octanol–water partition coefficient (Wildman–Crippen LogP) is 2.47. The monoisotopic (exact) mass is 285 g/mol. The van der Waals surface area contributed by atoms with Crippen LogP contribution in [-0.2, 0) is 13.6 Å². The molecule has 0 saturated carbocycles. The van der Waals surface area contributed by atoms with Crippen LogP contribution in [0.3, 0.4) is 0 Å². The summed E-state index contributed by atoms with van der Waals surface area (Å²) >= 11 is 0. The summed E-state index contributed by atoms with van der Waals surface area (Å²) in [4.78, 5) is 11.4. The minimum absolute atomic E-state index is 0.460. The molecule has 0 bridgehead atoms. The SMILES string of the molecule is Cc1cnc(CN2CCC[C@H]2c2c(C)nn(C)c2C)cn1. The van der Waals surface area contributed by atoms with E-state index in [1.54, 1.807) is 0 Å². The van der Waals surface area contributed by atoms with Gasteiger partial charge in [0.05, 0.1) is 17.1 Å². The lowest BCUT2D eigenvalue weighted by Gasteiger charge is -2.24. The smallest absolute Gasteiger partial charge is 0.0727 e. The van der Waals surface area contributed by atoms with Crippen molar-refractivity contribution < 1.29 is 0 Å². The first-order valence-corrected chi connectivity index (χ1v) is 7.58. The van der Waals surface area contributed by atoms with Crippen molar-refractivity contribution in [2.24, 2.45) is 7.05 Å². The summed E-state index contributed by atoms with van der Waals surface area (Å²) in [6.45, 7) is 8.24. The zero-order chi connectivity index (χ0) is 15.0. The quantitative estimate of drug-likeness (QED) is 0.869. The van der Waals surface area contributed by atoms with E-state index in [1.807, 2.05) is 31.0 Å². The summed E-state index contributed by atoms with van der Waals surface area (Å²) in [6.07, 6.45) is 6.18. The van der Waals surface area contributed by atoms with Gasteiger partial charge in [0, 0.05) is 43.3 Å². The highest BCUT2D eigenvalue weighted by atomic mass is 15.3. The second kappa shape index (κ2) is 5.56. The molecule has 0 aromatic carbocycles. The van der Waals surface area contributed by atoms with Crippen LogP contribution >= 0.6 is 0 Å². The molecule has 2 aromatic heterocycles. The van der Waals surface area contributed by atoms with Gasteiger partial charge in [-0.25, -0.2) is 0 Å². The summed E-state index contributed by atoms with van der Waals surface area (Å²) < 4.78 is 1.99. The number of hydrogen-bond donors (Lipinski definition) is 0. The van der Waals surface area contributed by atoms with Crippen LogP contribution in [0.15, 0.2) is 12.4 Å². The molecule has 112 valence electrons. The largest absolute Gasteiger partial charge is 0.290 e. The van der Waals surface area contributed by atoms with Crippen molar-refractivity contribution in [1.82, 2.24) is 24.6 Å². The van der Waals surface area contributed by atoms with Crippen molar-refractivity contribution in [3.05, 3.63) is 40.7 Å². The Morgan fingerprint density at radius 3 is 2.62 bits per heavy atom. The molecule has 5 nitrogen and oxygen atoms in total. The molecule has 21 heavy (non-hydrogen) atoms. The lowest BCUT2D eigenvalue weighted by Crippen LogP contribution is -2.24. The highest BCUT2D eigenvalue weighted by Crippen LogP contribution is 2.36. The molecule has 0 N–H and O–H groups in total. The van der Waals surface area contributed by atoms with Gasteiger partial charge in [-0.15, -0.1) is 0 Å². The van der Waals surface area contributed by atoms with Gasteiger partial charge in [0.25, 0.3) is 0 Å². The van der Waals surface area contributed by atoms with E-state index in [9.17, 15) is 0 Å². The van der Waals surface area contributed by atoms with E-state index in [2.05, 4.69) is 33.8 Å². The maximum atomic E-state index is 4.57. The highest BCUT2D eigenvalue weighted by molar-refractivity contribution is 5.29. The van der Waals surface area contributed by atoms with E-state index in [0.717, 1.165) is 30.2 Å². The van der Waals surface area contributed by atoms with Crippen molar-refractivity contribution in [1.29, 1.82) is 0 Å². The molecule has 3 heterocycles. The maximum Gasteiger partial charge on any atom is 0.0727 e. The first-order chi connectivity index (χ1) is 10.1. The lowest BCUT2D eigenvalue weighted by molar-refractivity contribution is 0.244. The summed E-state index contributed by atoms with van der Waals surface area (Å²) in [6, 6.07) is 0.460. The molecule has 0 unspecified atom stereocenters. The third-order valence-electron chi connectivity index (χ3n) is 4.46. The third-order valence-corrected chi connectivity index (χ3v) is 4.46. The van der Waals surface area contributed by atoms with Crippen LogP contribution in [0.25, 0.3) is 0 Å². The van der Waals surface area contributed by atoms with Crippen LogP contribution in [0.4, 0.5) is 0 Å². The number of hydrogen-bond acceptors (Lipinski definition) is 4. The van der Waals surface area contributed by atoms with E-state index < -0.39 is 0 Å². The number of aryl methyl sites for hydroxylation is 3. The molecule has 5 heteroatoms. The maximum absolute atomic E-state index is 4.57. The summed E-state index contributed by atoms with van der Waals surface area (Å²) in [5.41, 5.74) is 5.85. The van der Waals surface area contributed by atoms with Crippen LogP contribution in [0, 0.1) is 20.8 Å². The summed E-state index contributed by atoms with van der Waals surface area (Å²) in [5, 5.41) is 4.57. The molecule has 1 fully saturated rings. The van der Waals surface area contributed by atoms with Gasteiger partial charge in [-0.1, -0.05) is 0 Å². The fourth-order valence-electron chi connectivity index (χ4n) is 3.32. The topological polar surface area (TPSA) is 46.8 Å². The van der Waals surface area contributed by atoms with Crippen molar-refractivity contribution in [2.75, 3.05) is 6.54 Å². The Balaban J connectivity index is 1.84. The normalized spacial score (nSPS) is 19.3. The molecule has 0 aliphatic carbocycles. The highest BCUT2D eigenvalue weighted by Gasteiger charge is 2.30. The molecule has 1 atom stereocenters. The van der Waals surface area contributed by atoms with Crippen molar-refractivity contribution in [3.8, 4) is 0 Å². The molecule has 1 aliphatic heterocycles. The van der Waals surface area contributed by atoms with E-state index in [-0.39, 0.29) is 0 Å². The zero-order valence-electron chi connectivity index (χ0n) is 13.3. The predicted molar refractivity (Wildman–Crippen MR) is 81.8 cm³/mol. The Morgan fingerprint density at radius 1 is 1.19 bits per heavy atom. The zero-order valence-corrected chi connectivity index (χ0v) is 13.3. The Hall–Kier alpha value is -1.75. The Labute approximate surface area is 126 Å². The Bertz CT molecular complexity index is 629. The average Bonchev–Trinajstić information content (AvgIpc) is 2.98. The number of nitrogens with zero attached hydrogens (tertiary/aromatic N) is 5. The minimum Gasteiger partial charge on any atom is -0.290 e. The van der Waals surface area contributed by atoms with E-state index in [4.69, 9.17) is 0 Å². The Kier molecular flexibility index (Phi) is 3.76. The van der Waals surface area contributed by atoms with E-state index in [1.165, 1.54) is 24.1 Å². The van der Waals surface area contributed by atoms with Gasteiger partial charge in [-0.3, -0.25) is 19.5 Å². The fourth-order valence-corrected chi connectivity index (χ4v) is 3.32. The molecular weight excluding hydrogens is 262 g/mol. The number of rotatable bonds is 3. The van der Waals surface area contributed by atoms with Gasteiger partial charge in [0.1, 0.15) is 0 Å². The van der Waals surface area contributed by atoms with E-state index in [0.29, 0.717) is 6.04 Å². The van der Waals surface area contributed by atoms with Gasteiger partial charge in [0.2, 0.25) is 0 Å². The number of aromatic nitrogens is 4. The molecular formula is C16H23N5. The first-order valence-electron chi connectivity index (χ1n) is 7.58. The van der Waals surface area contributed by atoms with Crippen LogP contribution in [0.5, 0.6) is 0 Å². The van der Waals surface area contributed by atoms with Crippen molar-refractivity contribution in [2.45, 2.75) is 46.2 Å². The molecule has 2 aromatic rings. The summed E-state index contributed by atoms with van der Waals surface area (Å²) in [5.74, 6) is 0. The van der Waals surface area contributed by atoms with Crippen LogP contribution in [0.1, 0.15) is 47.2 Å².